The highest BCUT2D eigenvalue weighted by molar-refractivity contribution is 5.20. The minimum Gasteiger partial charge on any atom is -0.330 e. The van der Waals surface area contributed by atoms with Gasteiger partial charge in [-0.3, -0.25) is 0 Å². The van der Waals surface area contributed by atoms with Gasteiger partial charge in [-0.05, 0) is 55.7 Å². The second-order valence-corrected chi connectivity index (χ2v) is 6.97. The summed E-state index contributed by atoms with van der Waals surface area (Å²) in [5.41, 5.74) is 7.59. The van der Waals surface area contributed by atoms with Gasteiger partial charge in [-0.25, -0.2) is 0 Å². The lowest BCUT2D eigenvalue weighted by Gasteiger charge is -2.43. The van der Waals surface area contributed by atoms with Gasteiger partial charge in [0, 0.05) is 12.6 Å². The fraction of sp³-hybridized carbons (Fsp3) is 0.684. The first-order valence-corrected chi connectivity index (χ1v) is 8.64. The Morgan fingerprint density at radius 1 is 1.19 bits per heavy atom. The lowest BCUT2D eigenvalue weighted by atomic mass is 9.74. The van der Waals surface area contributed by atoms with Crippen molar-refractivity contribution in [2.24, 2.45) is 17.6 Å². The van der Waals surface area contributed by atoms with E-state index in [1.165, 1.54) is 31.4 Å². The first kappa shape index (κ1) is 16.5. The van der Waals surface area contributed by atoms with Crippen molar-refractivity contribution in [3.8, 4) is 0 Å². The summed E-state index contributed by atoms with van der Waals surface area (Å²) < 4.78 is 0. The molecule has 0 saturated heterocycles. The Balaban J connectivity index is 2.11. The molecule has 1 aromatic carbocycles. The molecule has 118 valence electrons. The predicted molar refractivity (Wildman–Crippen MR) is 91.5 cm³/mol. The molecule has 0 heterocycles. The molecule has 2 N–H and O–H groups in total. The molecule has 1 saturated carbocycles. The Morgan fingerprint density at radius 2 is 1.90 bits per heavy atom. The molecule has 2 rings (SSSR count). The van der Waals surface area contributed by atoms with Crippen molar-refractivity contribution in [2.75, 3.05) is 19.6 Å². The van der Waals surface area contributed by atoms with Crippen molar-refractivity contribution in [1.29, 1.82) is 0 Å². The fourth-order valence-electron chi connectivity index (χ4n) is 3.93. The molecule has 3 atom stereocenters. The van der Waals surface area contributed by atoms with E-state index in [4.69, 9.17) is 5.73 Å². The van der Waals surface area contributed by atoms with E-state index in [1.807, 2.05) is 0 Å². The summed E-state index contributed by atoms with van der Waals surface area (Å²) in [6.45, 7) is 10.1. The smallest absolute Gasteiger partial charge is 0.0141 e. The Hall–Kier alpha value is -0.860. The van der Waals surface area contributed by atoms with Gasteiger partial charge >= 0.3 is 0 Å². The average Bonchev–Trinajstić information content (AvgIpc) is 2.52. The molecule has 2 nitrogen and oxygen atoms in total. The van der Waals surface area contributed by atoms with Gasteiger partial charge in [-0.15, -0.1) is 0 Å². The molecule has 2 heteroatoms. The quantitative estimate of drug-likeness (QED) is 0.861. The summed E-state index contributed by atoms with van der Waals surface area (Å²) in [4.78, 5) is 2.68. The van der Waals surface area contributed by atoms with Gasteiger partial charge in [0.2, 0.25) is 0 Å². The summed E-state index contributed by atoms with van der Waals surface area (Å²) in [6, 6.07) is 11.7. The third-order valence-electron chi connectivity index (χ3n) is 5.00. The SMILES string of the molecule is CCN(CC(C)C)C1CC(c2ccccc2)CCC1CN. The van der Waals surface area contributed by atoms with Crippen molar-refractivity contribution >= 4 is 0 Å². The summed E-state index contributed by atoms with van der Waals surface area (Å²) in [5.74, 6) is 2.10. The summed E-state index contributed by atoms with van der Waals surface area (Å²) in [6.07, 6.45) is 3.84. The van der Waals surface area contributed by atoms with Crippen molar-refractivity contribution in [2.45, 2.75) is 52.0 Å². The minimum atomic E-state index is 0.654. The van der Waals surface area contributed by atoms with Crippen molar-refractivity contribution in [1.82, 2.24) is 4.90 Å². The highest BCUT2D eigenvalue weighted by atomic mass is 15.2. The fourth-order valence-corrected chi connectivity index (χ4v) is 3.93. The molecule has 0 aliphatic heterocycles. The van der Waals surface area contributed by atoms with Gasteiger partial charge in [-0.1, -0.05) is 51.1 Å². The first-order valence-electron chi connectivity index (χ1n) is 8.64. The zero-order valence-corrected chi connectivity index (χ0v) is 14.0. The second-order valence-electron chi connectivity index (χ2n) is 6.97. The van der Waals surface area contributed by atoms with Crippen LogP contribution in [0.4, 0.5) is 0 Å². The molecular weight excluding hydrogens is 256 g/mol. The zero-order chi connectivity index (χ0) is 15.2. The number of rotatable bonds is 6. The molecule has 0 radical (unpaired) electrons. The van der Waals surface area contributed by atoms with Gasteiger partial charge in [0.1, 0.15) is 0 Å². The largest absolute Gasteiger partial charge is 0.330 e. The molecule has 0 aromatic heterocycles. The van der Waals surface area contributed by atoms with Crippen LogP contribution < -0.4 is 5.73 Å². The van der Waals surface area contributed by atoms with Crippen LogP contribution in [0, 0.1) is 11.8 Å². The van der Waals surface area contributed by atoms with Gasteiger partial charge in [0.05, 0.1) is 0 Å². The maximum Gasteiger partial charge on any atom is 0.0141 e. The van der Waals surface area contributed by atoms with Crippen LogP contribution in [0.5, 0.6) is 0 Å². The van der Waals surface area contributed by atoms with Crippen molar-refractivity contribution in [3.63, 3.8) is 0 Å². The molecule has 1 aromatic rings. The van der Waals surface area contributed by atoms with Crippen molar-refractivity contribution in [3.05, 3.63) is 35.9 Å². The maximum atomic E-state index is 6.07. The van der Waals surface area contributed by atoms with Gasteiger partial charge in [0.25, 0.3) is 0 Å². The molecule has 3 unspecified atom stereocenters. The lowest BCUT2D eigenvalue weighted by Crippen LogP contribution is -2.47. The van der Waals surface area contributed by atoms with Crippen LogP contribution in [0.3, 0.4) is 0 Å². The van der Waals surface area contributed by atoms with Gasteiger partial charge in [-0.2, -0.15) is 0 Å². The van der Waals surface area contributed by atoms with Crippen LogP contribution >= 0.6 is 0 Å². The normalized spacial score (nSPS) is 26.5. The maximum absolute atomic E-state index is 6.07. The topological polar surface area (TPSA) is 29.3 Å². The van der Waals surface area contributed by atoms with Crippen LogP contribution in [0.2, 0.25) is 0 Å². The zero-order valence-electron chi connectivity index (χ0n) is 14.0. The van der Waals surface area contributed by atoms with Crippen LogP contribution in [-0.2, 0) is 0 Å². The number of nitrogens with zero attached hydrogens (tertiary/aromatic N) is 1. The van der Waals surface area contributed by atoms with Gasteiger partial charge < -0.3 is 10.6 Å². The number of nitrogens with two attached hydrogens (primary N) is 1. The summed E-state index contributed by atoms with van der Waals surface area (Å²) >= 11 is 0. The molecule has 0 bridgehead atoms. The average molecular weight is 288 g/mol. The first-order chi connectivity index (χ1) is 10.2. The summed E-state index contributed by atoms with van der Waals surface area (Å²) in [5, 5.41) is 0. The van der Waals surface area contributed by atoms with Gasteiger partial charge in [0.15, 0.2) is 0 Å². The van der Waals surface area contributed by atoms with E-state index in [0.29, 0.717) is 17.9 Å². The van der Waals surface area contributed by atoms with Crippen LogP contribution in [0.15, 0.2) is 30.3 Å². The lowest BCUT2D eigenvalue weighted by molar-refractivity contribution is 0.0916. The molecular formula is C19H32N2. The second kappa shape index (κ2) is 7.95. The highest BCUT2D eigenvalue weighted by Gasteiger charge is 2.33. The Morgan fingerprint density at radius 3 is 2.48 bits per heavy atom. The summed E-state index contributed by atoms with van der Waals surface area (Å²) in [7, 11) is 0. The number of benzene rings is 1. The Labute approximate surface area is 130 Å². The number of hydrogen-bond acceptors (Lipinski definition) is 2. The highest BCUT2D eigenvalue weighted by Crippen LogP contribution is 2.38. The molecule has 1 aliphatic rings. The van der Waals surface area contributed by atoms with Crippen LogP contribution in [0.1, 0.15) is 51.5 Å². The predicted octanol–water partition coefficient (Wildman–Crippen LogP) is 3.88. The van der Waals surface area contributed by atoms with Crippen molar-refractivity contribution < 1.29 is 0 Å². The molecule has 1 aliphatic carbocycles. The standard InChI is InChI=1S/C19H32N2/c1-4-21(14-15(2)3)19-12-17(10-11-18(19)13-20)16-8-6-5-7-9-16/h5-9,15,17-19H,4,10-14,20H2,1-3H3. The van der Waals surface area contributed by atoms with E-state index in [-0.39, 0.29) is 0 Å². The molecule has 1 fully saturated rings. The molecule has 0 amide bonds. The van der Waals surface area contributed by atoms with Crippen LogP contribution in [0.25, 0.3) is 0 Å². The monoisotopic (exact) mass is 288 g/mol. The molecule has 0 spiro atoms. The van der Waals surface area contributed by atoms with E-state index < -0.39 is 0 Å². The molecule has 21 heavy (non-hydrogen) atoms. The third kappa shape index (κ3) is 4.31. The third-order valence-corrected chi connectivity index (χ3v) is 5.00. The Bertz CT molecular complexity index is 401. The van der Waals surface area contributed by atoms with E-state index in [2.05, 4.69) is 56.0 Å². The Kier molecular flexibility index (Phi) is 6.25. The number of hydrogen-bond donors (Lipinski definition) is 1. The van der Waals surface area contributed by atoms with E-state index in [9.17, 15) is 0 Å². The minimum absolute atomic E-state index is 0.654. The van der Waals surface area contributed by atoms with E-state index in [0.717, 1.165) is 19.0 Å². The van der Waals surface area contributed by atoms with E-state index >= 15 is 0 Å². The van der Waals surface area contributed by atoms with E-state index in [1.54, 1.807) is 0 Å². The van der Waals surface area contributed by atoms with Crippen LogP contribution in [-0.4, -0.2) is 30.6 Å².